The molecular weight excluding hydrogens is 725 g/mol. The molecule has 1 aromatic heterocycles. The van der Waals surface area contributed by atoms with Crippen molar-refractivity contribution < 1.29 is 33.4 Å². The molecule has 4 amide bonds. The van der Waals surface area contributed by atoms with E-state index >= 15 is 0 Å². The molecule has 2 aliphatic heterocycles. The summed E-state index contributed by atoms with van der Waals surface area (Å²) in [5.41, 5.74) is 3.05. The SMILES string of the molecule is COc1ccc(O)c([C@H]2C3=CC[C@@H]4C(=O)N(c5ccc(-c6nc7ccccc7o6)cc5)C(=O)[C@@H]4[C@@H]3C[C@@]3(Cl)C(=O)N(CBr)C(=O)[C@@]23Cl)c1. The van der Waals surface area contributed by atoms with Gasteiger partial charge in [-0.25, -0.2) is 4.98 Å². The Kier molecular flexibility index (Phi) is 7.07. The van der Waals surface area contributed by atoms with Gasteiger partial charge in [-0.2, -0.15) is 0 Å². The van der Waals surface area contributed by atoms with Crippen LogP contribution >= 0.6 is 39.1 Å². The minimum atomic E-state index is -2.04. The molecule has 4 aliphatic rings. The van der Waals surface area contributed by atoms with Gasteiger partial charge in [0, 0.05) is 17.0 Å². The van der Waals surface area contributed by atoms with E-state index in [-0.39, 0.29) is 35.5 Å². The quantitative estimate of drug-likeness (QED) is 0.112. The number of likely N-dealkylation sites (tertiary alicyclic amines) is 1. The number of phenols is 1. The maximum Gasteiger partial charge on any atom is 0.254 e. The van der Waals surface area contributed by atoms with Crippen molar-refractivity contribution in [2.24, 2.45) is 17.8 Å². The molecule has 3 fully saturated rings. The Morgan fingerprint density at radius 2 is 1.75 bits per heavy atom. The van der Waals surface area contributed by atoms with Crippen LogP contribution in [0.15, 0.2) is 82.8 Å². The van der Waals surface area contributed by atoms with Gasteiger partial charge in [0.2, 0.25) is 17.7 Å². The van der Waals surface area contributed by atoms with Gasteiger partial charge in [-0.1, -0.05) is 39.7 Å². The standard InChI is InChI=1S/C35H26BrCl2N3O7/c1-47-19-10-13-25(42)22(14-19)28-20-11-12-21-27(23(20)15-34(37)32(45)40(16-36)33(46)35(28,34)38)31(44)41(30(21)43)18-8-6-17(7-9-18)29-39-24-4-2-3-5-26(24)48-29/h2-11,13-14,21,23,27-28,42H,12,15-16H2,1H3/t21-,23+,27-,28+,34+,35-/m0/s1. The third-order valence-corrected chi connectivity index (χ3v) is 12.1. The largest absolute Gasteiger partial charge is 0.508 e. The Balaban J connectivity index is 1.20. The van der Waals surface area contributed by atoms with Crippen LogP contribution in [0.1, 0.15) is 24.3 Å². The Bertz CT molecular complexity index is 2070. The first-order valence-corrected chi connectivity index (χ1v) is 17.1. The van der Waals surface area contributed by atoms with Gasteiger partial charge < -0.3 is 14.3 Å². The number of aromatic nitrogens is 1. The number of ether oxygens (including phenoxy) is 1. The van der Waals surface area contributed by atoms with E-state index in [9.17, 15) is 24.3 Å². The zero-order chi connectivity index (χ0) is 33.7. The second kappa shape index (κ2) is 10.9. The molecule has 2 saturated heterocycles. The molecule has 0 unspecified atom stereocenters. The van der Waals surface area contributed by atoms with Crippen molar-refractivity contribution in [1.82, 2.24) is 9.88 Å². The number of nitrogens with zero attached hydrogens (tertiary/aromatic N) is 3. The minimum Gasteiger partial charge on any atom is -0.508 e. The van der Waals surface area contributed by atoms with Crippen molar-refractivity contribution in [3.8, 4) is 23.0 Å². The highest BCUT2D eigenvalue weighted by molar-refractivity contribution is 9.09. The van der Waals surface area contributed by atoms with Crippen LogP contribution in [0, 0.1) is 17.8 Å². The van der Waals surface area contributed by atoms with Gasteiger partial charge in [0.1, 0.15) is 17.0 Å². The lowest BCUT2D eigenvalue weighted by Gasteiger charge is -2.50. The van der Waals surface area contributed by atoms with Crippen molar-refractivity contribution in [3.05, 3.63) is 83.9 Å². The first-order chi connectivity index (χ1) is 23.0. The van der Waals surface area contributed by atoms with E-state index in [0.717, 1.165) is 4.90 Å². The summed E-state index contributed by atoms with van der Waals surface area (Å²) < 4.78 is 11.3. The summed E-state index contributed by atoms with van der Waals surface area (Å²) in [6, 6.07) is 18.7. The molecule has 0 bridgehead atoms. The van der Waals surface area contributed by atoms with E-state index in [1.165, 1.54) is 18.1 Å². The van der Waals surface area contributed by atoms with Crippen LogP contribution in [0.2, 0.25) is 0 Å². The second-order valence-electron chi connectivity index (χ2n) is 12.5. The number of hydrogen-bond acceptors (Lipinski definition) is 8. The number of methoxy groups -OCH3 is 1. The number of para-hydroxylation sites is 2. The lowest BCUT2D eigenvalue weighted by molar-refractivity contribution is -0.138. The highest BCUT2D eigenvalue weighted by atomic mass is 79.9. The summed E-state index contributed by atoms with van der Waals surface area (Å²) in [6.07, 6.45) is 1.84. The molecule has 0 spiro atoms. The fraction of sp³-hybridized carbons (Fsp3) is 0.286. The summed E-state index contributed by atoms with van der Waals surface area (Å²) in [5, 5.41) is 11.1. The number of hydrogen-bond donors (Lipinski definition) is 1. The number of carbonyl (C=O) groups excluding carboxylic acids is 4. The zero-order valence-corrected chi connectivity index (χ0v) is 28.3. The van der Waals surface area contributed by atoms with Crippen LogP contribution in [-0.2, 0) is 19.2 Å². The lowest BCUT2D eigenvalue weighted by Crippen LogP contribution is -2.60. The molecule has 1 saturated carbocycles. The van der Waals surface area contributed by atoms with Gasteiger partial charge >= 0.3 is 0 Å². The van der Waals surface area contributed by atoms with Gasteiger partial charge in [-0.05, 0) is 73.4 Å². The van der Waals surface area contributed by atoms with E-state index in [1.54, 1.807) is 36.4 Å². The summed E-state index contributed by atoms with van der Waals surface area (Å²) in [6.45, 7) is 0. The molecular formula is C35H26BrCl2N3O7. The summed E-state index contributed by atoms with van der Waals surface area (Å²) in [4.78, 5) is 58.8. The lowest BCUT2D eigenvalue weighted by atomic mass is 9.56. The van der Waals surface area contributed by atoms with Crippen molar-refractivity contribution >= 4 is 79.5 Å². The summed E-state index contributed by atoms with van der Waals surface area (Å²) >= 11 is 17.8. The molecule has 244 valence electrons. The van der Waals surface area contributed by atoms with Crippen molar-refractivity contribution in [2.75, 3.05) is 17.5 Å². The number of amides is 4. The number of phenolic OH excluding ortho intramolecular Hbond substituents is 1. The molecule has 6 atom stereocenters. The third kappa shape index (κ3) is 4.07. The fourth-order valence-corrected chi connectivity index (χ4v) is 9.41. The molecule has 13 heteroatoms. The summed E-state index contributed by atoms with van der Waals surface area (Å²) in [5.74, 6) is -5.11. The molecule has 2 aliphatic carbocycles. The number of alkyl halides is 3. The monoisotopic (exact) mass is 749 g/mol. The topological polar surface area (TPSA) is 130 Å². The second-order valence-corrected chi connectivity index (χ2v) is 14.2. The smallest absolute Gasteiger partial charge is 0.254 e. The first kappa shape index (κ1) is 31.1. The van der Waals surface area contributed by atoms with E-state index < -0.39 is 51.1 Å². The molecule has 0 radical (unpaired) electrons. The maximum absolute atomic E-state index is 14.4. The zero-order valence-electron chi connectivity index (χ0n) is 25.2. The maximum atomic E-state index is 14.4. The van der Waals surface area contributed by atoms with Crippen LogP contribution in [-0.4, -0.2) is 60.9 Å². The van der Waals surface area contributed by atoms with E-state index in [4.69, 9.17) is 32.4 Å². The number of rotatable bonds is 5. The molecule has 4 aromatic rings. The van der Waals surface area contributed by atoms with Crippen LogP contribution in [0.3, 0.4) is 0 Å². The highest BCUT2D eigenvalue weighted by Gasteiger charge is 2.76. The van der Waals surface area contributed by atoms with Gasteiger partial charge in [-0.3, -0.25) is 29.0 Å². The molecule has 8 rings (SSSR count). The van der Waals surface area contributed by atoms with Gasteiger partial charge in [0.05, 0.1) is 30.1 Å². The Morgan fingerprint density at radius 1 is 1.00 bits per heavy atom. The number of fused-ring (bicyclic) bond motifs is 5. The van der Waals surface area contributed by atoms with Gasteiger partial charge in [-0.15, -0.1) is 23.2 Å². The Morgan fingerprint density at radius 3 is 2.46 bits per heavy atom. The third-order valence-electron chi connectivity index (χ3n) is 10.2. The molecule has 48 heavy (non-hydrogen) atoms. The number of halogens is 3. The molecule has 3 aromatic carbocycles. The number of anilines is 1. The molecule has 10 nitrogen and oxygen atoms in total. The van der Waals surface area contributed by atoms with Crippen molar-refractivity contribution in [3.63, 3.8) is 0 Å². The number of benzene rings is 3. The Labute approximate surface area is 292 Å². The average Bonchev–Trinajstić information content (AvgIpc) is 3.68. The van der Waals surface area contributed by atoms with E-state index in [1.807, 2.05) is 30.3 Å². The van der Waals surface area contributed by atoms with Gasteiger partial charge in [0.15, 0.2) is 15.3 Å². The highest BCUT2D eigenvalue weighted by Crippen LogP contribution is 2.66. The van der Waals surface area contributed by atoms with Crippen LogP contribution in [0.5, 0.6) is 11.5 Å². The molecule has 1 N–H and O–H groups in total. The predicted molar refractivity (Wildman–Crippen MR) is 180 cm³/mol. The van der Waals surface area contributed by atoms with Crippen molar-refractivity contribution in [1.29, 1.82) is 0 Å². The molecule has 3 heterocycles. The number of aromatic hydroxyl groups is 1. The summed E-state index contributed by atoms with van der Waals surface area (Å²) in [7, 11) is 1.46. The number of imide groups is 2. The van der Waals surface area contributed by atoms with Gasteiger partial charge in [0.25, 0.3) is 11.8 Å². The van der Waals surface area contributed by atoms with E-state index in [2.05, 4.69) is 20.9 Å². The fourth-order valence-electron chi connectivity index (χ4n) is 7.99. The van der Waals surface area contributed by atoms with Crippen LogP contribution in [0.25, 0.3) is 22.6 Å². The Hall–Kier alpha value is -4.19. The van der Waals surface area contributed by atoms with Crippen molar-refractivity contribution in [2.45, 2.75) is 28.5 Å². The number of allylic oxidation sites excluding steroid dienone is 2. The normalized spacial score (nSPS) is 29.6. The first-order valence-electron chi connectivity index (χ1n) is 15.2. The minimum absolute atomic E-state index is 0.148. The average molecular weight is 751 g/mol. The van der Waals surface area contributed by atoms with Crippen LogP contribution < -0.4 is 9.64 Å². The van der Waals surface area contributed by atoms with E-state index in [0.29, 0.717) is 39.6 Å². The number of carbonyl (C=O) groups is 4. The predicted octanol–water partition coefficient (Wildman–Crippen LogP) is 6.12. The van der Waals surface area contributed by atoms with Crippen LogP contribution in [0.4, 0.5) is 5.69 Å². The number of oxazole rings is 1.